The predicted molar refractivity (Wildman–Crippen MR) is 75.3 cm³/mol. The number of nitriles is 1. The third kappa shape index (κ3) is 4.25. The molecule has 0 aliphatic rings. The Morgan fingerprint density at radius 3 is 2.68 bits per heavy atom. The fraction of sp³-hybridized carbons (Fsp3) is 0.429. The Morgan fingerprint density at radius 2 is 2.16 bits per heavy atom. The van der Waals surface area contributed by atoms with Gasteiger partial charge in [-0.25, -0.2) is 4.79 Å². The van der Waals surface area contributed by atoms with Crippen LogP contribution in [0.5, 0.6) is 5.75 Å². The van der Waals surface area contributed by atoms with Gasteiger partial charge >= 0.3 is 5.97 Å². The van der Waals surface area contributed by atoms with Gasteiger partial charge in [0.05, 0.1) is 18.1 Å². The molecule has 0 radical (unpaired) electrons. The van der Waals surface area contributed by atoms with Gasteiger partial charge in [-0.1, -0.05) is 15.9 Å². The van der Waals surface area contributed by atoms with E-state index in [-0.39, 0.29) is 5.56 Å². The van der Waals surface area contributed by atoms with Crippen LogP contribution in [-0.4, -0.2) is 17.7 Å². The number of hydrogen-bond donors (Lipinski definition) is 1. The van der Waals surface area contributed by atoms with E-state index in [1.54, 1.807) is 13.0 Å². The standard InChI is InChI=1S/C14H16BrNO3/c1-9-6-10(15)7-11(13(17)18)12(9)19-5-4-14(2,3)8-16/h6-7H,4-5H2,1-3H3,(H,17,18). The number of aryl methyl sites for hydroxylation is 1. The summed E-state index contributed by atoms with van der Waals surface area (Å²) in [5.74, 6) is -0.664. The molecule has 0 aliphatic heterocycles. The number of carboxylic acid groups (broad SMARTS) is 1. The average molecular weight is 326 g/mol. The maximum Gasteiger partial charge on any atom is 0.339 e. The minimum Gasteiger partial charge on any atom is -0.492 e. The van der Waals surface area contributed by atoms with Crippen LogP contribution >= 0.6 is 15.9 Å². The summed E-state index contributed by atoms with van der Waals surface area (Å²) in [7, 11) is 0. The molecule has 0 atom stereocenters. The zero-order chi connectivity index (χ0) is 14.6. The SMILES string of the molecule is Cc1cc(Br)cc(C(=O)O)c1OCCC(C)(C)C#N. The number of rotatable bonds is 5. The van der Waals surface area contributed by atoms with Crippen molar-refractivity contribution in [3.05, 3.63) is 27.7 Å². The first kappa shape index (κ1) is 15.5. The van der Waals surface area contributed by atoms with E-state index in [1.165, 1.54) is 6.07 Å². The molecule has 4 nitrogen and oxygen atoms in total. The molecule has 0 heterocycles. The second-order valence-electron chi connectivity index (χ2n) is 5.00. The number of nitrogens with zero attached hydrogens (tertiary/aromatic N) is 1. The summed E-state index contributed by atoms with van der Waals surface area (Å²) in [5.41, 5.74) is 0.398. The molecule has 102 valence electrons. The molecule has 5 heteroatoms. The van der Waals surface area contributed by atoms with Crippen LogP contribution in [-0.2, 0) is 0 Å². The van der Waals surface area contributed by atoms with Crippen molar-refractivity contribution >= 4 is 21.9 Å². The quantitative estimate of drug-likeness (QED) is 0.894. The Hall–Kier alpha value is -1.54. The van der Waals surface area contributed by atoms with E-state index in [1.807, 2.05) is 13.8 Å². The van der Waals surface area contributed by atoms with Crippen molar-refractivity contribution < 1.29 is 14.6 Å². The molecule has 0 unspecified atom stereocenters. The number of hydrogen-bond acceptors (Lipinski definition) is 3. The van der Waals surface area contributed by atoms with Gasteiger partial charge in [0.1, 0.15) is 11.3 Å². The lowest BCUT2D eigenvalue weighted by atomic mass is 9.92. The molecule has 0 amide bonds. The molecular weight excluding hydrogens is 310 g/mol. The van der Waals surface area contributed by atoms with Crippen LogP contribution < -0.4 is 4.74 Å². The molecule has 1 N–H and O–H groups in total. The third-order valence-corrected chi connectivity index (χ3v) is 3.20. The van der Waals surface area contributed by atoms with Gasteiger partial charge in [0.25, 0.3) is 0 Å². The number of aromatic carboxylic acids is 1. The molecule has 0 fully saturated rings. The second kappa shape index (κ2) is 6.07. The number of benzene rings is 1. The molecule has 0 spiro atoms. The van der Waals surface area contributed by atoms with E-state index in [0.29, 0.717) is 23.2 Å². The van der Waals surface area contributed by atoms with E-state index in [4.69, 9.17) is 15.1 Å². The lowest BCUT2D eigenvalue weighted by molar-refractivity contribution is 0.0691. The summed E-state index contributed by atoms with van der Waals surface area (Å²) in [5, 5.41) is 18.1. The first-order valence-electron chi connectivity index (χ1n) is 5.84. The van der Waals surface area contributed by atoms with Crippen molar-refractivity contribution in [2.75, 3.05) is 6.61 Å². The largest absolute Gasteiger partial charge is 0.492 e. The van der Waals surface area contributed by atoms with Crippen molar-refractivity contribution in [2.24, 2.45) is 5.41 Å². The van der Waals surface area contributed by atoms with Gasteiger partial charge in [0, 0.05) is 4.47 Å². The van der Waals surface area contributed by atoms with Gasteiger partial charge in [-0.2, -0.15) is 5.26 Å². The highest BCUT2D eigenvalue weighted by Crippen LogP contribution is 2.29. The molecule has 0 saturated heterocycles. The van der Waals surface area contributed by atoms with E-state index in [2.05, 4.69) is 22.0 Å². The molecule has 0 saturated carbocycles. The van der Waals surface area contributed by atoms with Crippen molar-refractivity contribution in [3.63, 3.8) is 0 Å². The van der Waals surface area contributed by atoms with Crippen LogP contribution in [0.15, 0.2) is 16.6 Å². The van der Waals surface area contributed by atoms with E-state index in [0.717, 1.165) is 5.56 Å². The smallest absolute Gasteiger partial charge is 0.339 e. The van der Waals surface area contributed by atoms with Crippen LogP contribution in [0.2, 0.25) is 0 Å². The minimum absolute atomic E-state index is 0.127. The first-order valence-corrected chi connectivity index (χ1v) is 6.63. The van der Waals surface area contributed by atoms with Crippen LogP contribution in [0.3, 0.4) is 0 Å². The van der Waals surface area contributed by atoms with Gasteiger partial charge in [-0.3, -0.25) is 0 Å². The number of halogens is 1. The Bertz CT molecular complexity index is 532. The molecule has 1 rings (SSSR count). The fourth-order valence-corrected chi connectivity index (χ4v) is 2.12. The van der Waals surface area contributed by atoms with E-state index < -0.39 is 11.4 Å². The maximum atomic E-state index is 11.2. The molecular formula is C14H16BrNO3. The molecule has 1 aromatic rings. The van der Waals surface area contributed by atoms with Gasteiger partial charge in [-0.05, 0) is 44.9 Å². The third-order valence-electron chi connectivity index (χ3n) is 2.75. The topological polar surface area (TPSA) is 70.3 Å². The Kier molecular flexibility index (Phi) is 4.96. The Balaban J connectivity index is 2.90. The summed E-state index contributed by atoms with van der Waals surface area (Å²) in [6.07, 6.45) is 0.540. The normalized spacial score (nSPS) is 10.9. The summed E-state index contributed by atoms with van der Waals surface area (Å²) >= 11 is 3.26. The van der Waals surface area contributed by atoms with Crippen LogP contribution in [0.4, 0.5) is 0 Å². The Labute approximate surface area is 121 Å². The number of carbonyl (C=O) groups is 1. The van der Waals surface area contributed by atoms with E-state index >= 15 is 0 Å². The van der Waals surface area contributed by atoms with Crippen LogP contribution in [0, 0.1) is 23.7 Å². The fourth-order valence-electron chi connectivity index (χ4n) is 1.54. The Morgan fingerprint density at radius 1 is 1.53 bits per heavy atom. The maximum absolute atomic E-state index is 11.2. The summed E-state index contributed by atoms with van der Waals surface area (Å²) in [4.78, 5) is 11.2. The highest BCUT2D eigenvalue weighted by atomic mass is 79.9. The zero-order valence-corrected chi connectivity index (χ0v) is 12.7. The summed E-state index contributed by atoms with van der Waals surface area (Å²) in [6, 6.07) is 5.50. The van der Waals surface area contributed by atoms with Gasteiger partial charge in [0.15, 0.2) is 0 Å². The molecule has 0 aliphatic carbocycles. The number of ether oxygens (including phenoxy) is 1. The molecule has 0 aromatic heterocycles. The lowest BCUT2D eigenvalue weighted by Gasteiger charge is -2.17. The van der Waals surface area contributed by atoms with Crippen molar-refractivity contribution in [1.29, 1.82) is 5.26 Å². The second-order valence-corrected chi connectivity index (χ2v) is 5.91. The summed E-state index contributed by atoms with van der Waals surface area (Å²) < 4.78 is 6.27. The first-order chi connectivity index (χ1) is 8.76. The van der Waals surface area contributed by atoms with Crippen molar-refractivity contribution in [1.82, 2.24) is 0 Å². The van der Waals surface area contributed by atoms with Crippen molar-refractivity contribution in [3.8, 4) is 11.8 Å². The highest BCUT2D eigenvalue weighted by Gasteiger charge is 2.19. The van der Waals surface area contributed by atoms with Gasteiger partial charge in [-0.15, -0.1) is 0 Å². The molecule has 19 heavy (non-hydrogen) atoms. The van der Waals surface area contributed by atoms with Gasteiger partial charge in [0.2, 0.25) is 0 Å². The van der Waals surface area contributed by atoms with Crippen molar-refractivity contribution in [2.45, 2.75) is 27.2 Å². The lowest BCUT2D eigenvalue weighted by Crippen LogP contribution is -2.14. The van der Waals surface area contributed by atoms with Crippen LogP contribution in [0.25, 0.3) is 0 Å². The minimum atomic E-state index is -1.03. The number of carboxylic acids is 1. The molecule has 1 aromatic carbocycles. The van der Waals surface area contributed by atoms with Gasteiger partial charge < -0.3 is 9.84 Å². The monoisotopic (exact) mass is 325 g/mol. The predicted octanol–water partition coefficient (Wildman–Crippen LogP) is 3.77. The van der Waals surface area contributed by atoms with Crippen LogP contribution in [0.1, 0.15) is 36.2 Å². The highest BCUT2D eigenvalue weighted by molar-refractivity contribution is 9.10. The zero-order valence-electron chi connectivity index (χ0n) is 11.2. The van der Waals surface area contributed by atoms with E-state index in [9.17, 15) is 4.79 Å². The average Bonchev–Trinajstić information content (AvgIpc) is 2.31. The summed E-state index contributed by atoms with van der Waals surface area (Å²) in [6.45, 7) is 5.75. The molecule has 0 bridgehead atoms.